The summed E-state index contributed by atoms with van der Waals surface area (Å²) in [6.07, 6.45) is 1.95. The smallest absolute Gasteiger partial charge is 0.266 e. The average Bonchev–Trinajstić information content (AvgIpc) is 1.98. The van der Waals surface area contributed by atoms with Gasteiger partial charge in [-0.05, 0) is 13.2 Å². The van der Waals surface area contributed by atoms with Gasteiger partial charge in [-0.25, -0.2) is 5.09 Å². The van der Waals surface area contributed by atoms with E-state index < -0.39 is 7.52 Å². The van der Waals surface area contributed by atoms with Crippen molar-refractivity contribution in [2.75, 3.05) is 32.6 Å². The first-order valence-electron chi connectivity index (χ1n) is 3.85. The van der Waals surface area contributed by atoms with Gasteiger partial charge >= 0.3 is 0 Å². The Morgan fingerprint density at radius 2 is 2.17 bits per heavy atom. The topological polar surface area (TPSA) is 50.4 Å². The molecule has 0 saturated carbocycles. The van der Waals surface area contributed by atoms with Crippen LogP contribution in [0.25, 0.3) is 0 Å². The lowest BCUT2D eigenvalue weighted by molar-refractivity contribution is 0.329. The molecule has 0 radical (unpaired) electrons. The molecular formula is C6H17N2O2PS. The normalized spacial score (nSPS) is 15.9. The minimum absolute atomic E-state index is 0.483. The van der Waals surface area contributed by atoms with Gasteiger partial charge in [0.15, 0.2) is 0 Å². The minimum Gasteiger partial charge on any atom is -0.318 e. The quantitative estimate of drug-likeness (QED) is 0.378. The van der Waals surface area contributed by atoms with Crippen molar-refractivity contribution >= 4 is 19.5 Å². The number of rotatable bonds is 7. The van der Waals surface area contributed by atoms with Crippen LogP contribution in [0.5, 0.6) is 0 Å². The van der Waals surface area contributed by atoms with Crippen molar-refractivity contribution in [2.45, 2.75) is 6.92 Å². The van der Waals surface area contributed by atoms with E-state index in [1.54, 1.807) is 18.6 Å². The van der Waals surface area contributed by atoms with E-state index in [0.717, 1.165) is 6.54 Å². The predicted octanol–water partition coefficient (Wildman–Crippen LogP) is 1.30. The molecule has 0 fully saturated rings. The Labute approximate surface area is 78.5 Å². The van der Waals surface area contributed by atoms with Crippen LogP contribution in [0.3, 0.4) is 0 Å². The highest BCUT2D eigenvalue weighted by Crippen LogP contribution is 2.36. The van der Waals surface area contributed by atoms with Crippen molar-refractivity contribution < 1.29 is 9.09 Å². The van der Waals surface area contributed by atoms with Crippen molar-refractivity contribution in [1.29, 1.82) is 0 Å². The zero-order valence-corrected chi connectivity index (χ0v) is 9.50. The van der Waals surface area contributed by atoms with Crippen molar-refractivity contribution in [3.63, 3.8) is 0 Å². The highest BCUT2D eigenvalue weighted by atomic mass is 32.2. The predicted molar refractivity (Wildman–Crippen MR) is 54.7 cm³/mol. The Hall–Kier alpha value is 0.460. The molecule has 0 rings (SSSR count). The van der Waals surface area contributed by atoms with E-state index in [-0.39, 0.29) is 0 Å². The summed E-state index contributed by atoms with van der Waals surface area (Å²) < 4.78 is 19.5. The second-order valence-electron chi connectivity index (χ2n) is 2.27. The Bertz CT molecular complexity index is 156. The third-order valence-electron chi connectivity index (χ3n) is 1.15. The van der Waals surface area contributed by atoms with Crippen LogP contribution in [0, 0.1) is 0 Å². The van der Waals surface area contributed by atoms with E-state index in [4.69, 9.17) is 4.52 Å². The monoisotopic (exact) mass is 212 g/mol. The second kappa shape index (κ2) is 6.92. The molecule has 0 aliphatic carbocycles. The van der Waals surface area contributed by atoms with E-state index in [9.17, 15) is 4.57 Å². The van der Waals surface area contributed by atoms with Gasteiger partial charge in [-0.1, -0.05) is 11.9 Å². The molecular weight excluding hydrogens is 195 g/mol. The van der Waals surface area contributed by atoms with Gasteiger partial charge < -0.3 is 4.52 Å². The molecule has 0 aromatic heterocycles. The lowest BCUT2D eigenvalue weighted by atomic mass is 10.7. The fourth-order valence-corrected chi connectivity index (χ4v) is 2.11. The van der Waals surface area contributed by atoms with Gasteiger partial charge in [0.2, 0.25) is 0 Å². The Morgan fingerprint density at radius 1 is 1.50 bits per heavy atom. The summed E-state index contributed by atoms with van der Waals surface area (Å²) in [5, 5.41) is 2.85. The highest BCUT2D eigenvalue weighted by molar-refractivity contribution is 7.96. The van der Waals surface area contributed by atoms with E-state index in [2.05, 4.69) is 9.81 Å². The molecule has 0 amide bonds. The van der Waals surface area contributed by atoms with Gasteiger partial charge in [0.1, 0.15) is 0 Å². The van der Waals surface area contributed by atoms with Crippen LogP contribution in [0.4, 0.5) is 0 Å². The molecule has 0 spiro atoms. The van der Waals surface area contributed by atoms with Gasteiger partial charge in [0.25, 0.3) is 7.52 Å². The highest BCUT2D eigenvalue weighted by Gasteiger charge is 2.12. The van der Waals surface area contributed by atoms with Gasteiger partial charge in [0, 0.05) is 19.8 Å². The maximum absolute atomic E-state index is 11.4. The molecule has 1 unspecified atom stereocenters. The lowest BCUT2D eigenvalue weighted by Crippen LogP contribution is -2.22. The van der Waals surface area contributed by atoms with Crippen LogP contribution < -0.4 is 9.81 Å². The van der Waals surface area contributed by atoms with Crippen LogP contribution in [-0.4, -0.2) is 32.6 Å². The van der Waals surface area contributed by atoms with E-state index >= 15 is 0 Å². The maximum Gasteiger partial charge on any atom is 0.266 e. The number of hydrogen-bond acceptors (Lipinski definition) is 4. The van der Waals surface area contributed by atoms with Crippen LogP contribution in [0.15, 0.2) is 0 Å². The van der Waals surface area contributed by atoms with Crippen molar-refractivity contribution in [3.8, 4) is 0 Å². The molecule has 1 atom stereocenters. The first-order chi connectivity index (χ1) is 5.62. The van der Waals surface area contributed by atoms with E-state index in [1.165, 1.54) is 0 Å². The Morgan fingerprint density at radius 3 is 2.67 bits per heavy atom. The first-order valence-corrected chi connectivity index (χ1v) is 7.15. The minimum atomic E-state index is -2.53. The van der Waals surface area contributed by atoms with Crippen molar-refractivity contribution in [2.24, 2.45) is 0 Å². The fraction of sp³-hybridized carbons (Fsp3) is 1.00. The second-order valence-corrected chi connectivity index (χ2v) is 5.23. The molecule has 6 heteroatoms. The van der Waals surface area contributed by atoms with Crippen LogP contribution in [0.2, 0.25) is 0 Å². The molecule has 74 valence electrons. The van der Waals surface area contributed by atoms with Gasteiger partial charge in [-0.3, -0.25) is 9.29 Å². The molecule has 12 heavy (non-hydrogen) atoms. The molecule has 2 N–H and O–H groups in total. The standard InChI is InChI=1S/C6H17N2O2PS/c1-4-10-11(2,9)7-5-6-8-12-3/h8H,4-6H2,1-3H3,(H,7,9). The van der Waals surface area contributed by atoms with E-state index in [0.29, 0.717) is 13.2 Å². The summed E-state index contributed by atoms with van der Waals surface area (Å²) in [6.45, 7) is 5.35. The number of nitrogens with one attached hydrogen (secondary N) is 2. The van der Waals surface area contributed by atoms with Gasteiger partial charge in [-0.15, -0.1) is 0 Å². The molecule has 0 aromatic carbocycles. The molecule has 0 heterocycles. The molecule has 4 nitrogen and oxygen atoms in total. The zero-order valence-electron chi connectivity index (χ0n) is 7.79. The summed E-state index contributed by atoms with van der Waals surface area (Å²) in [4.78, 5) is 0. The molecule has 0 saturated heterocycles. The van der Waals surface area contributed by atoms with Crippen LogP contribution in [0.1, 0.15) is 6.92 Å². The molecule has 0 bridgehead atoms. The van der Waals surface area contributed by atoms with Gasteiger partial charge in [0.05, 0.1) is 6.61 Å². The van der Waals surface area contributed by atoms with Crippen molar-refractivity contribution in [1.82, 2.24) is 9.81 Å². The zero-order chi connectivity index (χ0) is 9.45. The number of hydrogen-bond donors (Lipinski definition) is 2. The van der Waals surface area contributed by atoms with Crippen LogP contribution in [-0.2, 0) is 9.09 Å². The van der Waals surface area contributed by atoms with Crippen molar-refractivity contribution in [3.05, 3.63) is 0 Å². The lowest BCUT2D eigenvalue weighted by Gasteiger charge is -2.13. The Kier molecular flexibility index (Phi) is 7.19. The van der Waals surface area contributed by atoms with Gasteiger partial charge in [-0.2, -0.15) is 0 Å². The Balaban J connectivity index is 3.41. The molecule has 0 aromatic rings. The summed E-state index contributed by atoms with van der Waals surface area (Å²) >= 11 is 1.55. The summed E-state index contributed by atoms with van der Waals surface area (Å²) in [5.41, 5.74) is 0. The SMILES string of the molecule is CCOP(C)(=O)NCCNSC. The third-order valence-corrected chi connectivity index (χ3v) is 3.19. The largest absolute Gasteiger partial charge is 0.318 e. The fourth-order valence-electron chi connectivity index (χ4n) is 0.704. The first kappa shape index (κ1) is 12.5. The molecule has 0 aliphatic heterocycles. The summed E-state index contributed by atoms with van der Waals surface area (Å²) in [5.74, 6) is 0. The average molecular weight is 212 g/mol. The maximum atomic E-state index is 11.4. The molecule has 0 aliphatic rings. The summed E-state index contributed by atoms with van der Waals surface area (Å²) in [7, 11) is -2.53. The summed E-state index contributed by atoms with van der Waals surface area (Å²) in [6, 6.07) is 0. The van der Waals surface area contributed by atoms with E-state index in [1.807, 2.05) is 13.2 Å². The van der Waals surface area contributed by atoms with Crippen LogP contribution >= 0.6 is 19.5 Å². The third kappa shape index (κ3) is 7.13.